The molecular formula is C10H19N. The maximum Gasteiger partial charge on any atom is 0.0198 e. The van der Waals surface area contributed by atoms with Crippen molar-refractivity contribution < 1.29 is 0 Å². The molecule has 0 radical (unpaired) electrons. The van der Waals surface area contributed by atoms with Gasteiger partial charge in [0.1, 0.15) is 0 Å². The molecule has 1 nitrogen and oxygen atoms in total. The van der Waals surface area contributed by atoms with Crippen LogP contribution in [0.25, 0.3) is 0 Å². The highest BCUT2D eigenvalue weighted by atomic mass is 15.0. The molecular weight excluding hydrogens is 134 g/mol. The first-order valence-electron chi connectivity index (χ1n) is 4.87. The van der Waals surface area contributed by atoms with Crippen LogP contribution < -0.4 is 5.32 Å². The summed E-state index contributed by atoms with van der Waals surface area (Å²) < 4.78 is 0. The molecule has 2 rings (SSSR count). The highest BCUT2D eigenvalue weighted by Gasteiger charge is 2.43. The minimum atomic E-state index is 0.585. The topological polar surface area (TPSA) is 12.0 Å². The molecule has 0 aromatic rings. The SMILES string of the molecule is CC1(C)CCCC2(CCN2)C1. The van der Waals surface area contributed by atoms with E-state index in [1.54, 1.807) is 0 Å². The minimum absolute atomic E-state index is 0.585. The Kier molecular flexibility index (Phi) is 1.54. The maximum atomic E-state index is 3.62. The Bertz CT molecular complexity index is 156. The van der Waals surface area contributed by atoms with Crippen molar-refractivity contribution in [2.45, 2.75) is 51.5 Å². The fraction of sp³-hybridized carbons (Fsp3) is 1.00. The summed E-state index contributed by atoms with van der Waals surface area (Å²) in [6.07, 6.45) is 7.11. The summed E-state index contributed by atoms with van der Waals surface area (Å²) >= 11 is 0. The molecule has 1 aliphatic heterocycles. The molecule has 1 aliphatic carbocycles. The number of rotatable bonds is 0. The van der Waals surface area contributed by atoms with Crippen LogP contribution in [0.3, 0.4) is 0 Å². The molecule has 1 spiro atoms. The lowest BCUT2D eigenvalue weighted by Crippen LogP contribution is -2.60. The van der Waals surface area contributed by atoms with Crippen LogP contribution in [-0.4, -0.2) is 12.1 Å². The fourth-order valence-electron chi connectivity index (χ4n) is 2.84. The molecule has 1 saturated heterocycles. The Morgan fingerprint density at radius 2 is 1.82 bits per heavy atom. The molecule has 1 heterocycles. The van der Waals surface area contributed by atoms with Gasteiger partial charge in [0, 0.05) is 5.54 Å². The quantitative estimate of drug-likeness (QED) is 0.563. The van der Waals surface area contributed by atoms with Gasteiger partial charge in [-0.25, -0.2) is 0 Å². The second-order valence-corrected chi connectivity index (χ2v) is 5.15. The molecule has 11 heavy (non-hydrogen) atoms. The van der Waals surface area contributed by atoms with E-state index in [0.29, 0.717) is 11.0 Å². The summed E-state index contributed by atoms with van der Waals surface area (Å²) in [4.78, 5) is 0. The average molecular weight is 153 g/mol. The maximum absolute atomic E-state index is 3.62. The van der Waals surface area contributed by atoms with Crippen LogP contribution in [0.2, 0.25) is 0 Å². The second-order valence-electron chi connectivity index (χ2n) is 5.15. The van der Waals surface area contributed by atoms with Gasteiger partial charge in [0.2, 0.25) is 0 Å². The van der Waals surface area contributed by atoms with Crippen molar-refractivity contribution in [2.24, 2.45) is 5.41 Å². The third-order valence-corrected chi connectivity index (χ3v) is 3.43. The lowest BCUT2D eigenvalue weighted by atomic mass is 9.64. The van der Waals surface area contributed by atoms with Crippen molar-refractivity contribution in [2.75, 3.05) is 6.54 Å². The van der Waals surface area contributed by atoms with E-state index >= 15 is 0 Å². The smallest absolute Gasteiger partial charge is 0.0198 e. The van der Waals surface area contributed by atoms with Crippen molar-refractivity contribution >= 4 is 0 Å². The Hall–Kier alpha value is -0.0400. The summed E-state index contributed by atoms with van der Waals surface area (Å²) in [6, 6.07) is 0. The monoisotopic (exact) mass is 153 g/mol. The zero-order valence-electron chi connectivity index (χ0n) is 7.74. The first kappa shape index (κ1) is 7.60. The standard InChI is InChI=1S/C10H19N/c1-9(2)4-3-5-10(8-9)6-7-11-10/h11H,3-8H2,1-2H3. The molecule has 1 saturated carbocycles. The predicted octanol–water partition coefficient (Wildman–Crippen LogP) is 2.32. The molecule has 1 atom stereocenters. The van der Waals surface area contributed by atoms with Crippen molar-refractivity contribution in [3.05, 3.63) is 0 Å². The first-order chi connectivity index (χ1) is 5.12. The molecule has 64 valence electrons. The van der Waals surface area contributed by atoms with E-state index in [2.05, 4.69) is 19.2 Å². The predicted molar refractivity (Wildman–Crippen MR) is 47.6 cm³/mol. The lowest BCUT2D eigenvalue weighted by Gasteiger charge is -2.51. The normalized spacial score (nSPS) is 42.0. The van der Waals surface area contributed by atoms with Gasteiger partial charge in [-0.3, -0.25) is 0 Å². The molecule has 0 aromatic heterocycles. The van der Waals surface area contributed by atoms with Crippen LogP contribution in [-0.2, 0) is 0 Å². The second kappa shape index (κ2) is 2.22. The number of hydrogen-bond acceptors (Lipinski definition) is 1. The minimum Gasteiger partial charge on any atom is -0.311 e. The van der Waals surface area contributed by atoms with E-state index in [0.717, 1.165) is 0 Å². The summed E-state index contributed by atoms with van der Waals surface area (Å²) in [5.74, 6) is 0. The summed E-state index contributed by atoms with van der Waals surface area (Å²) in [7, 11) is 0. The van der Waals surface area contributed by atoms with Gasteiger partial charge >= 0.3 is 0 Å². The third-order valence-electron chi connectivity index (χ3n) is 3.43. The Morgan fingerprint density at radius 3 is 2.18 bits per heavy atom. The van der Waals surface area contributed by atoms with Gasteiger partial charge in [-0.05, 0) is 37.6 Å². The van der Waals surface area contributed by atoms with Crippen LogP contribution >= 0.6 is 0 Å². The van der Waals surface area contributed by atoms with Crippen LogP contribution in [0.4, 0.5) is 0 Å². The highest BCUT2D eigenvalue weighted by Crippen LogP contribution is 2.44. The van der Waals surface area contributed by atoms with Gasteiger partial charge in [-0.15, -0.1) is 0 Å². The third kappa shape index (κ3) is 1.31. The molecule has 1 unspecified atom stereocenters. The summed E-state index contributed by atoms with van der Waals surface area (Å²) in [5, 5.41) is 3.62. The van der Waals surface area contributed by atoms with Gasteiger partial charge in [0.15, 0.2) is 0 Å². The van der Waals surface area contributed by atoms with E-state index in [-0.39, 0.29) is 0 Å². The zero-order valence-corrected chi connectivity index (χ0v) is 7.74. The van der Waals surface area contributed by atoms with E-state index in [1.165, 1.54) is 38.6 Å². The molecule has 2 fully saturated rings. The van der Waals surface area contributed by atoms with Crippen LogP contribution in [0, 0.1) is 5.41 Å². The molecule has 0 aromatic carbocycles. The van der Waals surface area contributed by atoms with E-state index in [4.69, 9.17) is 0 Å². The van der Waals surface area contributed by atoms with Gasteiger partial charge in [-0.2, -0.15) is 0 Å². The van der Waals surface area contributed by atoms with Crippen LogP contribution in [0.1, 0.15) is 46.0 Å². The van der Waals surface area contributed by atoms with Crippen LogP contribution in [0.5, 0.6) is 0 Å². The molecule has 1 heteroatoms. The zero-order chi connectivity index (χ0) is 7.95. The Morgan fingerprint density at radius 1 is 1.09 bits per heavy atom. The molecule has 2 aliphatic rings. The molecule has 0 bridgehead atoms. The van der Waals surface area contributed by atoms with Gasteiger partial charge in [0.25, 0.3) is 0 Å². The Labute approximate surface area is 69.6 Å². The first-order valence-corrected chi connectivity index (χ1v) is 4.87. The highest BCUT2D eigenvalue weighted by molar-refractivity contribution is 5.02. The van der Waals surface area contributed by atoms with Gasteiger partial charge in [-0.1, -0.05) is 20.3 Å². The molecule has 1 N–H and O–H groups in total. The van der Waals surface area contributed by atoms with Gasteiger partial charge < -0.3 is 5.32 Å². The van der Waals surface area contributed by atoms with Crippen molar-refractivity contribution in [3.8, 4) is 0 Å². The largest absolute Gasteiger partial charge is 0.311 e. The fourth-order valence-corrected chi connectivity index (χ4v) is 2.84. The number of nitrogens with one attached hydrogen (secondary N) is 1. The summed E-state index contributed by atoms with van der Waals surface area (Å²) in [5.41, 5.74) is 1.19. The average Bonchev–Trinajstić information content (AvgIpc) is 1.82. The summed E-state index contributed by atoms with van der Waals surface area (Å²) in [6.45, 7) is 6.08. The van der Waals surface area contributed by atoms with Crippen molar-refractivity contribution in [3.63, 3.8) is 0 Å². The van der Waals surface area contributed by atoms with Crippen LogP contribution in [0.15, 0.2) is 0 Å². The molecule has 0 amide bonds. The Balaban J connectivity index is 2.03. The van der Waals surface area contributed by atoms with E-state index < -0.39 is 0 Å². The van der Waals surface area contributed by atoms with E-state index in [1.807, 2.05) is 0 Å². The number of hydrogen-bond donors (Lipinski definition) is 1. The van der Waals surface area contributed by atoms with Gasteiger partial charge in [0.05, 0.1) is 0 Å². The van der Waals surface area contributed by atoms with Crippen molar-refractivity contribution in [1.82, 2.24) is 5.32 Å². The van der Waals surface area contributed by atoms with E-state index in [9.17, 15) is 0 Å². The van der Waals surface area contributed by atoms with Crippen molar-refractivity contribution in [1.29, 1.82) is 0 Å². The lowest BCUT2D eigenvalue weighted by molar-refractivity contribution is 0.0665.